The second-order valence-corrected chi connectivity index (χ2v) is 6.45. The molecule has 0 spiro atoms. The molecule has 0 amide bonds. The maximum Gasteiger partial charge on any atom is 0.0991 e. The van der Waals surface area contributed by atoms with Crippen LogP contribution in [0, 0.1) is 18.3 Å². The van der Waals surface area contributed by atoms with E-state index in [2.05, 4.69) is 23.3 Å². The van der Waals surface area contributed by atoms with E-state index in [4.69, 9.17) is 10.00 Å². The van der Waals surface area contributed by atoms with E-state index in [1.165, 1.54) is 11.3 Å². The minimum Gasteiger partial charge on any atom is -0.371 e. The molecule has 0 aliphatic carbocycles. The van der Waals surface area contributed by atoms with E-state index in [1.807, 2.05) is 54.2 Å². The molecule has 0 N–H and O–H groups in total. The third kappa shape index (κ3) is 3.07. The SMILES string of the molecule is Cc1cc(C#N)ccc1-c1cnn2c1C[C@@H](OCc1ccccc1)C2. The molecule has 0 saturated heterocycles. The summed E-state index contributed by atoms with van der Waals surface area (Å²) in [6.45, 7) is 3.46. The van der Waals surface area contributed by atoms with Crippen LogP contribution in [0.15, 0.2) is 54.7 Å². The average molecular weight is 329 g/mol. The Kier molecular flexibility index (Phi) is 4.09. The van der Waals surface area contributed by atoms with Crippen molar-refractivity contribution in [2.75, 3.05) is 0 Å². The first kappa shape index (κ1) is 15.6. The third-order valence-corrected chi connectivity index (χ3v) is 4.72. The fourth-order valence-corrected chi connectivity index (χ4v) is 3.42. The van der Waals surface area contributed by atoms with Crippen LogP contribution in [0.5, 0.6) is 0 Å². The molecule has 4 heteroatoms. The van der Waals surface area contributed by atoms with E-state index >= 15 is 0 Å². The maximum absolute atomic E-state index is 9.04. The fourth-order valence-electron chi connectivity index (χ4n) is 3.42. The van der Waals surface area contributed by atoms with Crippen LogP contribution < -0.4 is 0 Å². The number of rotatable bonds is 4. The molecular weight excluding hydrogens is 310 g/mol. The van der Waals surface area contributed by atoms with Gasteiger partial charge in [0.2, 0.25) is 0 Å². The van der Waals surface area contributed by atoms with Gasteiger partial charge in [-0.25, -0.2) is 0 Å². The van der Waals surface area contributed by atoms with Crippen molar-refractivity contribution in [2.45, 2.75) is 32.6 Å². The Morgan fingerprint density at radius 3 is 2.80 bits per heavy atom. The van der Waals surface area contributed by atoms with E-state index in [-0.39, 0.29) is 6.10 Å². The van der Waals surface area contributed by atoms with Crippen LogP contribution in [-0.4, -0.2) is 15.9 Å². The number of aromatic nitrogens is 2. The van der Waals surface area contributed by atoms with E-state index in [9.17, 15) is 0 Å². The summed E-state index contributed by atoms with van der Waals surface area (Å²) in [7, 11) is 0. The molecule has 0 saturated carbocycles. The second-order valence-electron chi connectivity index (χ2n) is 6.45. The van der Waals surface area contributed by atoms with Crippen LogP contribution in [0.25, 0.3) is 11.1 Å². The van der Waals surface area contributed by atoms with Crippen LogP contribution in [0.2, 0.25) is 0 Å². The minimum atomic E-state index is 0.154. The number of hydrogen-bond acceptors (Lipinski definition) is 3. The van der Waals surface area contributed by atoms with Gasteiger partial charge in [0.15, 0.2) is 0 Å². The Morgan fingerprint density at radius 2 is 2.04 bits per heavy atom. The van der Waals surface area contributed by atoms with Crippen molar-refractivity contribution in [3.05, 3.63) is 77.1 Å². The molecule has 1 aliphatic rings. The predicted molar refractivity (Wildman–Crippen MR) is 95.8 cm³/mol. The molecule has 3 aromatic rings. The first-order valence-corrected chi connectivity index (χ1v) is 8.46. The summed E-state index contributed by atoms with van der Waals surface area (Å²) in [5.74, 6) is 0. The fraction of sp³-hybridized carbons (Fsp3) is 0.238. The van der Waals surface area contributed by atoms with Crippen molar-refractivity contribution in [2.24, 2.45) is 0 Å². The van der Waals surface area contributed by atoms with Gasteiger partial charge in [-0.05, 0) is 35.7 Å². The first-order valence-electron chi connectivity index (χ1n) is 8.46. The van der Waals surface area contributed by atoms with Gasteiger partial charge in [-0.1, -0.05) is 36.4 Å². The smallest absolute Gasteiger partial charge is 0.0991 e. The van der Waals surface area contributed by atoms with Gasteiger partial charge >= 0.3 is 0 Å². The Hall–Kier alpha value is -2.90. The quantitative estimate of drug-likeness (QED) is 0.730. The van der Waals surface area contributed by atoms with E-state index in [0.717, 1.165) is 29.7 Å². The van der Waals surface area contributed by atoms with Crippen LogP contribution in [0.1, 0.15) is 22.4 Å². The zero-order valence-corrected chi connectivity index (χ0v) is 14.1. The topological polar surface area (TPSA) is 50.8 Å². The van der Waals surface area contributed by atoms with Crippen molar-refractivity contribution in [1.29, 1.82) is 5.26 Å². The summed E-state index contributed by atoms with van der Waals surface area (Å²) in [4.78, 5) is 0. The van der Waals surface area contributed by atoms with Gasteiger partial charge in [-0.15, -0.1) is 0 Å². The van der Waals surface area contributed by atoms with E-state index < -0.39 is 0 Å². The maximum atomic E-state index is 9.04. The highest BCUT2D eigenvalue weighted by Crippen LogP contribution is 2.32. The van der Waals surface area contributed by atoms with Crippen molar-refractivity contribution in [3.8, 4) is 17.2 Å². The Labute approximate surface area is 147 Å². The van der Waals surface area contributed by atoms with Gasteiger partial charge in [0.05, 0.1) is 37.1 Å². The lowest BCUT2D eigenvalue weighted by molar-refractivity contribution is 0.0403. The molecule has 0 fully saturated rings. The number of ether oxygens (including phenoxy) is 1. The summed E-state index contributed by atoms with van der Waals surface area (Å²) in [6.07, 6.45) is 2.94. The second kappa shape index (κ2) is 6.54. The number of hydrogen-bond donors (Lipinski definition) is 0. The Morgan fingerprint density at radius 1 is 1.20 bits per heavy atom. The predicted octanol–water partition coefficient (Wildman–Crippen LogP) is 3.87. The molecule has 1 atom stereocenters. The van der Waals surface area contributed by atoms with Crippen LogP contribution in [0.3, 0.4) is 0 Å². The van der Waals surface area contributed by atoms with Crippen LogP contribution >= 0.6 is 0 Å². The minimum absolute atomic E-state index is 0.154. The van der Waals surface area contributed by atoms with Crippen molar-refractivity contribution >= 4 is 0 Å². The molecule has 1 aromatic heterocycles. The lowest BCUT2D eigenvalue weighted by Gasteiger charge is -2.11. The first-order chi connectivity index (χ1) is 12.2. The zero-order valence-electron chi connectivity index (χ0n) is 14.1. The Bertz CT molecular complexity index is 938. The lowest BCUT2D eigenvalue weighted by atomic mass is 9.98. The molecule has 0 unspecified atom stereocenters. The van der Waals surface area contributed by atoms with Gasteiger partial charge in [0.1, 0.15) is 0 Å². The molecular formula is C21H19N3O. The normalized spacial score (nSPS) is 15.8. The zero-order chi connectivity index (χ0) is 17.2. The lowest BCUT2D eigenvalue weighted by Crippen LogP contribution is -2.14. The summed E-state index contributed by atoms with van der Waals surface area (Å²) < 4.78 is 8.13. The highest BCUT2D eigenvalue weighted by Gasteiger charge is 2.26. The highest BCUT2D eigenvalue weighted by atomic mass is 16.5. The molecule has 1 aliphatic heterocycles. The third-order valence-electron chi connectivity index (χ3n) is 4.72. The average Bonchev–Trinajstić information content (AvgIpc) is 3.21. The van der Waals surface area contributed by atoms with Crippen LogP contribution in [0.4, 0.5) is 0 Å². The number of aryl methyl sites for hydroxylation is 1. The van der Waals surface area contributed by atoms with Crippen LogP contribution in [-0.2, 0) is 24.3 Å². The monoisotopic (exact) mass is 329 g/mol. The molecule has 25 heavy (non-hydrogen) atoms. The number of nitriles is 1. The highest BCUT2D eigenvalue weighted by molar-refractivity contribution is 5.70. The van der Waals surface area contributed by atoms with E-state index in [1.54, 1.807) is 0 Å². The molecule has 0 radical (unpaired) electrons. The van der Waals surface area contributed by atoms with Gasteiger partial charge in [-0.3, -0.25) is 4.68 Å². The summed E-state index contributed by atoms with van der Waals surface area (Å²) in [5.41, 5.74) is 6.48. The molecule has 2 aromatic carbocycles. The number of nitrogens with zero attached hydrogens (tertiary/aromatic N) is 3. The molecule has 2 heterocycles. The summed E-state index contributed by atoms with van der Waals surface area (Å²) >= 11 is 0. The standard InChI is InChI=1S/C21H19N3O/c1-15-9-17(11-22)7-8-19(15)20-12-23-24-13-18(10-21(20)24)25-14-16-5-3-2-4-6-16/h2-9,12,18H,10,13-14H2,1H3/t18-/m1/s1. The van der Waals surface area contributed by atoms with Crippen molar-refractivity contribution in [1.82, 2.24) is 9.78 Å². The molecule has 124 valence electrons. The molecule has 4 nitrogen and oxygen atoms in total. The molecule has 0 bridgehead atoms. The number of benzene rings is 2. The van der Waals surface area contributed by atoms with E-state index in [0.29, 0.717) is 12.2 Å². The van der Waals surface area contributed by atoms with Gasteiger partial charge < -0.3 is 4.74 Å². The largest absolute Gasteiger partial charge is 0.371 e. The van der Waals surface area contributed by atoms with Gasteiger partial charge in [0.25, 0.3) is 0 Å². The van der Waals surface area contributed by atoms with Crippen molar-refractivity contribution < 1.29 is 4.74 Å². The van der Waals surface area contributed by atoms with Gasteiger partial charge in [-0.2, -0.15) is 10.4 Å². The van der Waals surface area contributed by atoms with Crippen molar-refractivity contribution in [3.63, 3.8) is 0 Å². The summed E-state index contributed by atoms with van der Waals surface area (Å²) in [6, 6.07) is 18.2. The van der Waals surface area contributed by atoms with Gasteiger partial charge in [0, 0.05) is 17.7 Å². The molecule has 4 rings (SSSR count). The summed E-state index contributed by atoms with van der Waals surface area (Å²) in [5, 5.41) is 13.6. The number of fused-ring (bicyclic) bond motifs is 1. The Balaban J connectivity index is 1.51.